The maximum Gasteiger partial charge on any atom is 0.387 e. The minimum atomic E-state index is -2.86. The number of benzene rings is 1. The molecule has 1 saturated carbocycles. The molecule has 5 nitrogen and oxygen atoms in total. The standard InChI is InChI=1S/C13H12Cl2F2N4OS/c14-13(15)5-8(13)6-23-12-20-19-10(21(12)18)7-1-3-9(4-2-7)22-11(16)17/h1-4,8,11H,5-6,18H2/t8-/m1/s1. The summed E-state index contributed by atoms with van der Waals surface area (Å²) in [7, 11) is 0. The zero-order valence-electron chi connectivity index (χ0n) is 11.6. The molecule has 0 aliphatic heterocycles. The van der Waals surface area contributed by atoms with Crippen LogP contribution in [0.1, 0.15) is 6.42 Å². The zero-order valence-corrected chi connectivity index (χ0v) is 14.0. The van der Waals surface area contributed by atoms with Crippen LogP contribution in [-0.4, -0.2) is 31.6 Å². The highest BCUT2D eigenvalue weighted by molar-refractivity contribution is 7.99. The van der Waals surface area contributed by atoms with E-state index in [0.29, 0.717) is 22.3 Å². The molecule has 1 heterocycles. The third-order valence-electron chi connectivity index (χ3n) is 3.37. The molecule has 0 radical (unpaired) electrons. The molecule has 0 spiro atoms. The van der Waals surface area contributed by atoms with E-state index in [1.165, 1.54) is 28.6 Å². The Morgan fingerprint density at radius 2 is 2.00 bits per heavy atom. The molecule has 2 aromatic rings. The first-order valence-electron chi connectivity index (χ1n) is 6.63. The fourth-order valence-electron chi connectivity index (χ4n) is 1.98. The molecule has 0 bridgehead atoms. The van der Waals surface area contributed by atoms with Gasteiger partial charge in [-0.25, -0.2) is 4.68 Å². The summed E-state index contributed by atoms with van der Waals surface area (Å²) >= 11 is 13.4. The molecule has 23 heavy (non-hydrogen) atoms. The van der Waals surface area contributed by atoms with Crippen molar-refractivity contribution in [1.82, 2.24) is 14.9 Å². The van der Waals surface area contributed by atoms with Gasteiger partial charge in [-0.05, 0) is 30.7 Å². The maximum atomic E-state index is 12.1. The zero-order chi connectivity index (χ0) is 16.6. The van der Waals surface area contributed by atoms with E-state index < -0.39 is 10.9 Å². The SMILES string of the molecule is Nn1c(SC[C@H]2CC2(Cl)Cl)nnc1-c1ccc(OC(F)F)cc1. The number of nitrogens with zero attached hydrogens (tertiary/aromatic N) is 3. The van der Waals surface area contributed by atoms with Crippen LogP contribution < -0.4 is 10.6 Å². The topological polar surface area (TPSA) is 66.0 Å². The molecule has 1 atom stereocenters. The number of ether oxygens (including phenoxy) is 1. The van der Waals surface area contributed by atoms with Crippen LogP contribution in [0.4, 0.5) is 8.78 Å². The summed E-state index contributed by atoms with van der Waals surface area (Å²) in [4.78, 5) is 0. The Labute approximate surface area is 145 Å². The highest BCUT2D eigenvalue weighted by atomic mass is 35.5. The van der Waals surface area contributed by atoms with Crippen LogP contribution in [0.5, 0.6) is 5.75 Å². The Bertz CT molecular complexity index is 696. The Morgan fingerprint density at radius 1 is 1.35 bits per heavy atom. The number of halogens is 4. The van der Waals surface area contributed by atoms with Crippen molar-refractivity contribution in [2.45, 2.75) is 22.5 Å². The lowest BCUT2D eigenvalue weighted by Crippen LogP contribution is -2.12. The molecule has 1 aromatic carbocycles. The molecule has 124 valence electrons. The maximum absolute atomic E-state index is 12.1. The predicted molar refractivity (Wildman–Crippen MR) is 85.5 cm³/mol. The predicted octanol–water partition coefficient (Wildman–Crippen LogP) is 3.55. The van der Waals surface area contributed by atoms with Gasteiger partial charge < -0.3 is 10.6 Å². The second-order valence-electron chi connectivity index (χ2n) is 5.05. The Morgan fingerprint density at radius 3 is 2.57 bits per heavy atom. The molecule has 2 N–H and O–H groups in total. The Balaban J connectivity index is 1.68. The van der Waals surface area contributed by atoms with Crippen LogP contribution >= 0.6 is 35.0 Å². The van der Waals surface area contributed by atoms with Gasteiger partial charge in [-0.3, -0.25) is 0 Å². The number of nitrogen functional groups attached to an aromatic ring is 1. The van der Waals surface area contributed by atoms with Gasteiger partial charge in [0, 0.05) is 17.2 Å². The van der Waals surface area contributed by atoms with E-state index in [1.807, 2.05) is 0 Å². The first kappa shape index (κ1) is 16.6. The normalized spacial score (nSPS) is 19.1. The molecule has 0 unspecified atom stereocenters. The smallest absolute Gasteiger partial charge is 0.387 e. The summed E-state index contributed by atoms with van der Waals surface area (Å²) < 4.78 is 29.3. The lowest BCUT2D eigenvalue weighted by atomic mass is 10.2. The van der Waals surface area contributed by atoms with E-state index in [-0.39, 0.29) is 11.7 Å². The number of aromatic nitrogens is 3. The van der Waals surface area contributed by atoms with E-state index in [4.69, 9.17) is 29.0 Å². The minimum absolute atomic E-state index is 0.0655. The Hall–Kier alpha value is -1.25. The average Bonchev–Trinajstić information content (AvgIpc) is 2.93. The van der Waals surface area contributed by atoms with Gasteiger partial charge >= 0.3 is 6.61 Å². The van der Waals surface area contributed by atoms with Crippen LogP contribution in [0.15, 0.2) is 29.4 Å². The summed E-state index contributed by atoms with van der Waals surface area (Å²) in [5.74, 6) is 7.38. The number of alkyl halides is 4. The van der Waals surface area contributed by atoms with Crippen LogP contribution in [-0.2, 0) is 0 Å². The first-order valence-corrected chi connectivity index (χ1v) is 8.37. The van der Waals surface area contributed by atoms with E-state index >= 15 is 0 Å². The Kier molecular flexibility index (Phi) is 4.57. The molecule has 0 saturated heterocycles. The third-order valence-corrected chi connectivity index (χ3v) is 5.40. The van der Waals surface area contributed by atoms with E-state index in [0.717, 1.165) is 6.42 Å². The number of hydrogen-bond acceptors (Lipinski definition) is 5. The van der Waals surface area contributed by atoms with Crippen molar-refractivity contribution < 1.29 is 13.5 Å². The molecular weight excluding hydrogens is 369 g/mol. The fourth-order valence-corrected chi connectivity index (χ4v) is 3.77. The van der Waals surface area contributed by atoms with Crippen LogP contribution in [0.3, 0.4) is 0 Å². The summed E-state index contributed by atoms with van der Waals surface area (Å²) in [6.45, 7) is -2.86. The van der Waals surface area contributed by atoms with E-state index in [9.17, 15) is 8.78 Å². The van der Waals surface area contributed by atoms with Crippen molar-refractivity contribution >= 4 is 35.0 Å². The fraction of sp³-hybridized carbons (Fsp3) is 0.385. The summed E-state index contributed by atoms with van der Waals surface area (Å²) in [6, 6.07) is 6.01. The van der Waals surface area contributed by atoms with Crippen molar-refractivity contribution in [3.8, 4) is 17.1 Å². The second kappa shape index (κ2) is 6.33. The van der Waals surface area contributed by atoms with Crippen molar-refractivity contribution in [3.63, 3.8) is 0 Å². The summed E-state index contributed by atoms with van der Waals surface area (Å²) in [6.07, 6.45) is 0.750. The highest BCUT2D eigenvalue weighted by Crippen LogP contribution is 2.54. The van der Waals surface area contributed by atoms with Crippen LogP contribution in [0.2, 0.25) is 0 Å². The molecular formula is C13H12Cl2F2N4OS. The number of hydrogen-bond donors (Lipinski definition) is 1. The quantitative estimate of drug-likeness (QED) is 0.471. The molecule has 1 fully saturated rings. The van der Waals surface area contributed by atoms with Crippen molar-refractivity contribution in [1.29, 1.82) is 0 Å². The summed E-state index contributed by atoms with van der Waals surface area (Å²) in [5, 5.41) is 8.58. The molecule has 1 aliphatic rings. The lowest BCUT2D eigenvalue weighted by molar-refractivity contribution is -0.0498. The van der Waals surface area contributed by atoms with Gasteiger partial charge in [0.05, 0.1) is 0 Å². The van der Waals surface area contributed by atoms with E-state index in [2.05, 4.69) is 14.9 Å². The highest BCUT2D eigenvalue weighted by Gasteiger charge is 2.51. The third kappa shape index (κ3) is 3.81. The lowest BCUT2D eigenvalue weighted by Gasteiger charge is -2.06. The number of thioether (sulfide) groups is 1. The number of nitrogens with two attached hydrogens (primary N) is 1. The molecule has 10 heteroatoms. The minimum Gasteiger partial charge on any atom is -0.435 e. The van der Waals surface area contributed by atoms with Crippen LogP contribution in [0.25, 0.3) is 11.4 Å². The van der Waals surface area contributed by atoms with Gasteiger partial charge in [0.1, 0.15) is 10.1 Å². The van der Waals surface area contributed by atoms with Gasteiger partial charge in [-0.1, -0.05) is 11.8 Å². The molecule has 3 rings (SSSR count). The average molecular weight is 381 g/mol. The van der Waals surface area contributed by atoms with Crippen molar-refractivity contribution in [2.24, 2.45) is 5.92 Å². The molecule has 1 aromatic heterocycles. The van der Waals surface area contributed by atoms with Gasteiger partial charge in [0.15, 0.2) is 5.82 Å². The molecule has 1 aliphatic carbocycles. The van der Waals surface area contributed by atoms with Crippen LogP contribution in [0, 0.1) is 5.92 Å². The van der Waals surface area contributed by atoms with Gasteiger partial charge in [-0.15, -0.1) is 33.4 Å². The molecule has 0 amide bonds. The van der Waals surface area contributed by atoms with Crippen molar-refractivity contribution in [3.05, 3.63) is 24.3 Å². The first-order chi connectivity index (χ1) is 10.9. The van der Waals surface area contributed by atoms with Gasteiger partial charge in [-0.2, -0.15) is 8.78 Å². The van der Waals surface area contributed by atoms with E-state index in [1.54, 1.807) is 12.1 Å². The van der Waals surface area contributed by atoms with Crippen molar-refractivity contribution in [2.75, 3.05) is 11.6 Å². The largest absolute Gasteiger partial charge is 0.435 e. The second-order valence-corrected chi connectivity index (χ2v) is 7.58. The monoisotopic (exact) mass is 380 g/mol. The summed E-state index contributed by atoms with van der Waals surface area (Å²) in [5.41, 5.74) is 0.643. The number of rotatable bonds is 6. The van der Waals surface area contributed by atoms with Gasteiger partial charge in [0.25, 0.3) is 0 Å². The van der Waals surface area contributed by atoms with Gasteiger partial charge in [0.2, 0.25) is 5.16 Å².